The van der Waals surface area contributed by atoms with E-state index in [0.717, 1.165) is 23.5 Å². The smallest absolute Gasteiger partial charge is 0.257 e. The van der Waals surface area contributed by atoms with Crippen LogP contribution in [0.2, 0.25) is 0 Å². The second kappa shape index (κ2) is 10.9. The average Bonchev–Trinajstić information content (AvgIpc) is 3.68. The van der Waals surface area contributed by atoms with Crippen LogP contribution < -0.4 is 10.6 Å². The number of hydrogen-bond donors (Lipinski definition) is 2. The lowest BCUT2D eigenvalue weighted by Gasteiger charge is -2.07. The molecule has 0 saturated carbocycles. The maximum atomic E-state index is 13.5. The molecule has 10 nitrogen and oxygen atoms in total. The Labute approximate surface area is 253 Å². The molecule has 1 aliphatic rings. The van der Waals surface area contributed by atoms with E-state index in [-0.39, 0.29) is 33.1 Å². The number of para-hydroxylation sites is 4. The van der Waals surface area contributed by atoms with Crippen LogP contribution in [0.4, 0.5) is 11.4 Å². The minimum absolute atomic E-state index is 0.0324. The van der Waals surface area contributed by atoms with E-state index in [0.29, 0.717) is 55.1 Å². The quantitative estimate of drug-likeness (QED) is 0.185. The predicted octanol–water partition coefficient (Wildman–Crippen LogP) is 6.24. The predicted molar refractivity (Wildman–Crippen MR) is 164 cm³/mol. The largest absolute Gasteiger partial charge is 0.431 e. The Morgan fingerprint density at radius 2 is 1.09 bits per heavy atom. The Kier molecular flexibility index (Phi) is 6.92. The molecule has 0 radical (unpaired) electrons. The van der Waals surface area contributed by atoms with Crippen LogP contribution in [0.1, 0.15) is 0 Å². The molecular formula is C30H20N4O6S3. The van der Waals surface area contributed by atoms with Gasteiger partial charge in [-0.1, -0.05) is 59.9 Å². The molecule has 7 rings (SSSR count). The molecule has 214 valence electrons. The van der Waals surface area contributed by atoms with E-state index < -0.39 is 9.84 Å². The summed E-state index contributed by atoms with van der Waals surface area (Å²) in [5, 5.41) is 6.24. The zero-order valence-corrected chi connectivity index (χ0v) is 24.5. The van der Waals surface area contributed by atoms with Gasteiger partial charge in [-0.25, -0.2) is 18.4 Å². The van der Waals surface area contributed by atoms with Gasteiger partial charge in [0, 0.05) is 22.5 Å². The van der Waals surface area contributed by atoms with Gasteiger partial charge in [0.1, 0.15) is 11.0 Å². The van der Waals surface area contributed by atoms with Crippen molar-refractivity contribution in [2.75, 3.05) is 22.1 Å². The monoisotopic (exact) mass is 628 g/mol. The van der Waals surface area contributed by atoms with Gasteiger partial charge in [0.2, 0.25) is 21.7 Å². The number of nitrogens with one attached hydrogen (secondary N) is 2. The van der Waals surface area contributed by atoms with E-state index in [1.54, 1.807) is 36.4 Å². The van der Waals surface area contributed by atoms with Crippen molar-refractivity contribution in [1.29, 1.82) is 0 Å². The lowest BCUT2D eigenvalue weighted by Crippen LogP contribution is -2.14. The summed E-state index contributed by atoms with van der Waals surface area (Å²) in [6.07, 6.45) is 0. The maximum absolute atomic E-state index is 13.5. The number of amides is 2. The molecular weight excluding hydrogens is 609 g/mol. The van der Waals surface area contributed by atoms with Crippen LogP contribution in [0.5, 0.6) is 0 Å². The van der Waals surface area contributed by atoms with E-state index >= 15 is 0 Å². The third kappa shape index (κ3) is 5.38. The van der Waals surface area contributed by atoms with Gasteiger partial charge in [-0.3, -0.25) is 9.59 Å². The first-order valence-electron chi connectivity index (χ1n) is 12.9. The van der Waals surface area contributed by atoms with Gasteiger partial charge in [0.15, 0.2) is 11.2 Å². The summed E-state index contributed by atoms with van der Waals surface area (Å²) in [5.74, 6) is -0.600. The van der Waals surface area contributed by atoms with Gasteiger partial charge in [0.05, 0.1) is 21.3 Å². The van der Waals surface area contributed by atoms with Gasteiger partial charge in [-0.05, 0) is 48.5 Å². The topological polar surface area (TPSA) is 144 Å². The molecule has 4 aromatic carbocycles. The lowest BCUT2D eigenvalue weighted by molar-refractivity contribution is -0.114. The zero-order chi connectivity index (χ0) is 29.6. The van der Waals surface area contributed by atoms with E-state index in [2.05, 4.69) is 20.6 Å². The van der Waals surface area contributed by atoms with Crippen LogP contribution in [-0.2, 0) is 19.4 Å². The highest BCUT2D eigenvalue weighted by Crippen LogP contribution is 2.45. The molecule has 0 bridgehead atoms. The number of thioether (sulfide) groups is 2. The highest BCUT2D eigenvalue weighted by molar-refractivity contribution is 8.00. The fourth-order valence-electron chi connectivity index (χ4n) is 4.68. The average molecular weight is 629 g/mol. The highest BCUT2D eigenvalue weighted by atomic mass is 32.2. The van der Waals surface area contributed by atoms with Gasteiger partial charge < -0.3 is 19.5 Å². The fraction of sp³-hybridized carbons (Fsp3) is 0.0667. The Bertz CT molecular complexity index is 1960. The van der Waals surface area contributed by atoms with Crippen LogP contribution in [-0.4, -0.2) is 41.7 Å². The maximum Gasteiger partial charge on any atom is 0.257 e. The highest BCUT2D eigenvalue weighted by Gasteiger charge is 2.33. The molecule has 0 spiro atoms. The van der Waals surface area contributed by atoms with Crippen LogP contribution in [0.15, 0.2) is 114 Å². The van der Waals surface area contributed by atoms with Crippen molar-refractivity contribution in [2.24, 2.45) is 0 Å². The second-order valence-corrected chi connectivity index (χ2v) is 13.2. The normalized spacial score (nSPS) is 13.1. The molecule has 3 heterocycles. The van der Waals surface area contributed by atoms with E-state index in [1.807, 2.05) is 36.4 Å². The molecule has 2 aromatic heterocycles. The summed E-state index contributed by atoms with van der Waals surface area (Å²) in [5.41, 5.74) is 4.43. The third-order valence-corrected chi connectivity index (χ3v) is 10.1. The Hall–Kier alpha value is -4.59. The number of benzene rings is 4. The van der Waals surface area contributed by atoms with Crippen molar-refractivity contribution < 1.29 is 26.8 Å². The van der Waals surface area contributed by atoms with Gasteiger partial charge in [0.25, 0.3) is 10.4 Å². The van der Waals surface area contributed by atoms with Crippen LogP contribution in [0.25, 0.3) is 33.3 Å². The van der Waals surface area contributed by atoms with E-state index in [9.17, 15) is 18.0 Å². The number of aromatic nitrogens is 2. The number of hydrogen-bond acceptors (Lipinski definition) is 10. The summed E-state index contributed by atoms with van der Waals surface area (Å²) in [7, 11) is -3.88. The Balaban J connectivity index is 1.01. The van der Waals surface area contributed by atoms with Crippen LogP contribution >= 0.6 is 23.5 Å². The molecule has 0 aliphatic carbocycles. The summed E-state index contributed by atoms with van der Waals surface area (Å²) in [6.45, 7) is 0. The van der Waals surface area contributed by atoms with Crippen molar-refractivity contribution in [3.05, 3.63) is 84.9 Å². The summed E-state index contributed by atoms with van der Waals surface area (Å²) >= 11 is 2.29. The van der Waals surface area contributed by atoms with Gasteiger partial charge in [-0.2, -0.15) is 0 Å². The fourth-order valence-corrected chi connectivity index (χ4v) is 7.70. The molecule has 0 fully saturated rings. The first-order valence-corrected chi connectivity index (χ1v) is 16.4. The minimum atomic E-state index is -3.88. The summed E-state index contributed by atoms with van der Waals surface area (Å²) in [4.78, 5) is 34.1. The molecule has 2 N–H and O–H groups in total. The van der Waals surface area contributed by atoms with Crippen molar-refractivity contribution in [1.82, 2.24) is 9.97 Å². The van der Waals surface area contributed by atoms with Gasteiger partial charge in [-0.15, -0.1) is 0 Å². The SMILES string of the molecule is O=C(CSc1nc2ccccc2o1)Nc1ccc2c(c1)S(=O)(=O)c1cc(NC(=O)CSc3nc4ccccc4o3)ccc1-2. The van der Waals surface area contributed by atoms with Crippen LogP contribution in [0.3, 0.4) is 0 Å². The van der Waals surface area contributed by atoms with Crippen molar-refractivity contribution >= 4 is 78.7 Å². The number of sulfone groups is 1. The summed E-state index contributed by atoms with van der Waals surface area (Å²) in [6, 6.07) is 24.2. The standard InChI is InChI=1S/C30H20N4O6S3/c35-27(15-41-29-33-21-5-1-3-7-23(21)39-29)31-17-9-11-19-20-12-10-18(14-26(20)43(37,38)25(19)13-17)32-28(36)16-42-30-34-22-6-2-4-8-24(22)40-30/h1-14H,15-16H2,(H,31,35)(H,32,36). The number of carbonyl (C=O) groups is 2. The molecule has 0 atom stereocenters. The number of rotatable bonds is 8. The molecule has 0 saturated heterocycles. The summed E-state index contributed by atoms with van der Waals surface area (Å²) < 4.78 is 38.2. The van der Waals surface area contributed by atoms with Gasteiger partial charge >= 0.3 is 0 Å². The number of oxazole rings is 2. The second-order valence-electron chi connectivity index (χ2n) is 9.49. The number of anilines is 2. The molecule has 2 amide bonds. The van der Waals surface area contributed by atoms with Crippen LogP contribution in [0, 0.1) is 0 Å². The van der Waals surface area contributed by atoms with E-state index in [4.69, 9.17) is 8.83 Å². The number of nitrogens with zero attached hydrogens (tertiary/aromatic N) is 2. The molecule has 13 heteroatoms. The zero-order valence-electron chi connectivity index (χ0n) is 22.1. The Morgan fingerprint density at radius 3 is 1.53 bits per heavy atom. The van der Waals surface area contributed by atoms with Crippen molar-refractivity contribution in [2.45, 2.75) is 20.2 Å². The van der Waals surface area contributed by atoms with Crippen molar-refractivity contribution in [3.8, 4) is 11.1 Å². The number of carbonyl (C=O) groups excluding carboxylic acids is 2. The van der Waals surface area contributed by atoms with E-state index in [1.165, 1.54) is 12.1 Å². The third-order valence-electron chi connectivity index (χ3n) is 6.60. The number of fused-ring (bicyclic) bond motifs is 5. The Morgan fingerprint density at radius 1 is 0.651 bits per heavy atom. The lowest BCUT2D eigenvalue weighted by atomic mass is 10.0. The molecule has 1 aliphatic heterocycles. The first kappa shape index (κ1) is 27.3. The molecule has 0 unspecified atom stereocenters. The first-order chi connectivity index (χ1) is 20.8. The molecule has 43 heavy (non-hydrogen) atoms. The minimum Gasteiger partial charge on any atom is -0.431 e. The molecule has 6 aromatic rings. The van der Waals surface area contributed by atoms with Crippen molar-refractivity contribution in [3.63, 3.8) is 0 Å².